The van der Waals surface area contributed by atoms with Gasteiger partial charge in [-0.3, -0.25) is 9.48 Å². The van der Waals surface area contributed by atoms with E-state index in [1.54, 1.807) is 4.68 Å². The number of aryl methyl sites for hydroxylation is 3. The highest BCUT2D eigenvalue weighted by Gasteiger charge is 2.17. The van der Waals surface area contributed by atoms with Gasteiger partial charge in [0.05, 0.1) is 5.69 Å². The van der Waals surface area contributed by atoms with Crippen molar-refractivity contribution in [2.75, 3.05) is 43.4 Å². The molecule has 6 nitrogen and oxygen atoms in total. The smallest absolute Gasteiger partial charge is 0.273 e. The van der Waals surface area contributed by atoms with Crippen LogP contribution in [-0.2, 0) is 6.54 Å². The van der Waals surface area contributed by atoms with Gasteiger partial charge in [0.15, 0.2) is 0 Å². The van der Waals surface area contributed by atoms with Crippen molar-refractivity contribution in [2.24, 2.45) is 0 Å². The second-order valence-corrected chi connectivity index (χ2v) is 6.73. The lowest BCUT2D eigenvalue weighted by Gasteiger charge is -2.34. The van der Waals surface area contributed by atoms with E-state index in [4.69, 9.17) is 0 Å². The van der Waals surface area contributed by atoms with Gasteiger partial charge in [0, 0.05) is 44.1 Å². The molecule has 0 saturated carbocycles. The number of piperazine rings is 1. The molecule has 0 aliphatic carbocycles. The fourth-order valence-corrected chi connectivity index (χ4v) is 3.21. The van der Waals surface area contributed by atoms with Crippen LogP contribution in [0.25, 0.3) is 0 Å². The molecule has 0 radical (unpaired) electrons. The number of carbonyl (C=O) groups is 1. The van der Waals surface area contributed by atoms with Crippen molar-refractivity contribution >= 4 is 17.3 Å². The summed E-state index contributed by atoms with van der Waals surface area (Å²) in [4.78, 5) is 17.3. The minimum atomic E-state index is -0.113. The van der Waals surface area contributed by atoms with Gasteiger partial charge >= 0.3 is 0 Å². The summed E-state index contributed by atoms with van der Waals surface area (Å²) in [5, 5.41) is 7.37. The number of nitrogens with zero attached hydrogens (tertiary/aromatic N) is 4. The summed E-state index contributed by atoms with van der Waals surface area (Å²) in [6.45, 7) is 10.8. The Morgan fingerprint density at radius 1 is 1.16 bits per heavy atom. The summed E-state index contributed by atoms with van der Waals surface area (Å²) in [5.41, 5.74) is 4.60. The van der Waals surface area contributed by atoms with Crippen LogP contribution in [0.1, 0.15) is 28.7 Å². The number of carbonyl (C=O) groups excluding carboxylic acids is 1. The number of hydrogen-bond donors (Lipinski definition) is 1. The molecule has 6 heteroatoms. The van der Waals surface area contributed by atoms with Gasteiger partial charge in [0.1, 0.15) is 5.69 Å². The van der Waals surface area contributed by atoms with Gasteiger partial charge in [-0.2, -0.15) is 5.10 Å². The zero-order valence-corrected chi connectivity index (χ0v) is 15.5. The zero-order chi connectivity index (χ0) is 18.0. The Balaban J connectivity index is 1.74. The van der Waals surface area contributed by atoms with E-state index in [2.05, 4.69) is 39.4 Å². The van der Waals surface area contributed by atoms with E-state index in [1.807, 2.05) is 32.9 Å². The van der Waals surface area contributed by atoms with Crippen LogP contribution in [0.2, 0.25) is 0 Å². The van der Waals surface area contributed by atoms with Crippen molar-refractivity contribution in [3.8, 4) is 0 Å². The van der Waals surface area contributed by atoms with Crippen LogP contribution in [0.4, 0.5) is 11.4 Å². The van der Waals surface area contributed by atoms with E-state index in [0.29, 0.717) is 12.2 Å². The van der Waals surface area contributed by atoms with E-state index in [0.717, 1.165) is 43.1 Å². The zero-order valence-electron chi connectivity index (χ0n) is 15.5. The first-order chi connectivity index (χ1) is 12.0. The maximum atomic E-state index is 12.6. The van der Waals surface area contributed by atoms with Gasteiger partial charge in [0.2, 0.25) is 0 Å². The molecule has 1 N–H and O–H groups in total. The third kappa shape index (κ3) is 3.85. The summed E-state index contributed by atoms with van der Waals surface area (Å²) in [6.07, 6.45) is 0. The van der Waals surface area contributed by atoms with Gasteiger partial charge in [-0.05, 0) is 57.6 Å². The molecule has 0 bridgehead atoms. The molecule has 1 amide bonds. The lowest BCUT2D eigenvalue weighted by atomic mass is 10.1. The largest absolute Gasteiger partial charge is 0.369 e. The lowest BCUT2D eigenvalue weighted by molar-refractivity contribution is 0.101. The molecule has 2 heterocycles. The van der Waals surface area contributed by atoms with Gasteiger partial charge in [-0.25, -0.2) is 0 Å². The SMILES string of the molecule is CCn1nc(C)cc1C(=O)Nc1ccc(N2CCN(C)CC2)cc1C. The van der Waals surface area contributed by atoms with Crippen LogP contribution in [-0.4, -0.2) is 53.8 Å². The van der Waals surface area contributed by atoms with Crippen molar-refractivity contribution < 1.29 is 4.79 Å². The van der Waals surface area contributed by atoms with E-state index < -0.39 is 0 Å². The fraction of sp³-hybridized carbons (Fsp3) is 0.474. The normalized spacial score (nSPS) is 15.4. The van der Waals surface area contributed by atoms with Crippen LogP contribution >= 0.6 is 0 Å². The van der Waals surface area contributed by atoms with E-state index in [1.165, 1.54) is 5.69 Å². The number of anilines is 2. The van der Waals surface area contributed by atoms with Crippen LogP contribution in [0.5, 0.6) is 0 Å². The summed E-state index contributed by atoms with van der Waals surface area (Å²) in [6, 6.07) is 8.08. The minimum Gasteiger partial charge on any atom is -0.369 e. The second kappa shape index (κ2) is 7.27. The minimum absolute atomic E-state index is 0.113. The number of rotatable bonds is 4. The Bertz CT molecular complexity index is 759. The monoisotopic (exact) mass is 341 g/mol. The number of benzene rings is 1. The maximum absolute atomic E-state index is 12.6. The van der Waals surface area contributed by atoms with Gasteiger partial charge in [0.25, 0.3) is 5.91 Å². The fourth-order valence-electron chi connectivity index (χ4n) is 3.21. The molecule has 25 heavy (non-hydrogen) atoms. The predicted octanol–water partition coefficient (Wildman–Crippen LogP) is 2.52. The number of amides is 1. The van der Waals surface area contributed by atoms with Gasteiger partial charge in [-0.15, -0.1) is 0 Å². The topological polar surface area (TPSA) is 53.4 Å². The predicted molar refractivity (Wildman–Crippen MR) is 101 cm³/mol. The van der Waals surface area contributed by atoms with Crippen molar-refractivity contribution in [1.82, 2.24) is 14.7 Å². The molecule has 2 aromatic rings. The van der Waals surface area contributed by atoms with Crippen molar-refractivity contribution in [2.45, 2.75) is 27.3 Å². The highest BCUT2D eigenvalue weighted by molar-refractivity contribution is 6.03. The third-order valence-corrected chi connectivity index (χ3v) is 4.76. The molecule has 1 aliphatic rings. The highest BCUT2D eigenvalue weighted by Crippen LogP contribution is 2.24. The molecule has 1 fully saturated rings. The molecule has 0 atom stereocenters. The molecule has 134 valence electrons. The number of nitrogens with one attached hydrogen (secondary N) is 1. The standard InChI is InChI=1S/C19H27N5O/c1-5-24-18(13-15(3)21-24)19(25)20-17-7-6-16(12-14(17)2)23-10-8-22(4)9-11-23/h6-7,12-13H,5,8-11H2,1-4H3,(H,20,25). The van der Waals surface area contributed by atoms with E-state index in [-0.39, 0.29) is 5.91 Å². The second-order valence-electron chi connectivity index (χ2n) is 6.73. The summed E-state index contributed by atoms with van der Waals surface area (Å²) < 4.78 is 1.73. The Hall–Kier alpha value is -2.34. The van der Waals surface area contributed by atoms with Crippen molar-refractivity contribution in [1.29, 1.82) is 0 Å². The molecule has 1 saturated heterocycles. The van der Waals surface area contributed by atoms with Gasteiger partial charge < -0.3 is 15.1 Å². The van der Waals surface area contributed by atoms with Crippen LogP contribution < -0.4 is 10.2 Å². The quantitative estimate of drug-likeness (QED) is 0.928. The first-order valence-electron chi connectivity index (χ1n) is 8.88. The molecule has 1 aromatic carbocycles. The Kier molecular flexibility index (Phi) is 5.08. The molecular formula is C19H27N5O. The molecule has 3 rings (SSSR count). The average molecular weight is 341 g/mol. The summed E-state index contributed by atoms with van der Waals surface area (Å²) in [7, 11) is 2.16. The number of likely N-dealkylation sites (N-methyl/N-ethyl adjacent to an activating group) is 1. The van der Waals surface area contributed by atoms with Crippen molar-refractivity contribution in [3.63, 3.8) is 0 Å². The number of aromatic nitrogens is 2. The summed E-state index contributed by atoms with van der Waals surface area (Å²) >= 11 is 0. The van der Waals surface area contributed by atoms with Crippen LogP contribution in [0, 0.1) is 13.8 Å². The molecule has 0 spiro atoms. The average Bonchev–Trinajstić information content (AvgIpc) is 2.98. The van der Waals surface area contributed by atoms with Crippen LogP contribution in [0.15, 0.2) is 24.3 Å². The Labute approximate surface area is 149 Å². The summed E-state index contributed by atoms with van der Waals surface area (Å²) in [5.74, 6) is -0.113. The molecule has 1 aliphatic heterocycles. The first kappa shape index (κ1) is 17.5. The molecular weight excluding hydrogens is 314 g/mol. The lowest BCUT2D eigenvalue weighted by Crippen LogP contribution is -2.44. The number of hydrogen-bond acceptors (Lipinski definition) is 4. The van der Waals surface area contributed by atoms with Crippen molar-refractivity contribution in [3.05, 3.63) is 41.2 Å². The third-order valence-electron chi connectivity index (χ3n) is 4.76. The highest BCUT2D eigenvalue weighted by atomic mass is 16.2. The Morgan fingerprint density at radius 3 is 2.52 bits per heavy atom. The Morgan fingerprint density at radius 2 is 1.88 bits per heavy atom. The maximum Gasteiger partial charge on any atom is 0.273 e. The van der Waals surface area contributed by atoms with E-state index >= 15 is 0 Å². The first-order valence-corrected chi connectivity index (χ1v) is 8.88. The molecule has 0 unspecified atom stereocenters. The van der Waals surface area contributed by atoms with E-state index in [9.17, 15) is 4.79 Å². The van der Waals surface area contributed by atoms with Gasteiger partial charge in [-0.1, -0.05) is 0 Å². The van der Waals surface area contributed by atoms with Crippen LogP contribution in [0.3, 0.4) is 0 Å². The molecule has 1 aromatic heterocycles.